The fourth-order valence-corrected chi connectivity index (χ4v) is 3.34. The Morgan fingerprint density at radius 3 is 2.80 bits per heavy atom. The number of aliphatic hydroxyl groups excluding tert-OH is 1. The van der Waals surface area contributed by atoms with E-state index in [-0.39, 0.29) is 18.6 Å². The minimum atomic E-state index is -0.414. The van der Waals surface area contributed by atoms with Crippen LogP contribution in [0.2, 0.25) is 0 Å². The lowest BCUT2D eigenvalue weighted by Crippen LogP contribution is -2.43. The van der Waals surface area contributed by atoms with Gasteiger partial charge in [-0.15, -0.1) is 0 Å². The average molecular weight is 412 g/mol. The van der Waals surface area contributed by atoms with Crippen molar-refractivity contribution in [3.8, 4) is 0 Å². The Bertz CT molecular complexity index is 811. The van der Waals surface area contributed by atoms with Crippen molar-refractivity contribution in [3.05, 3.63) is 59.9 Å². The molecular formula is C23H29N3O4. The van der Waals surface area contributed by atoms with E-state index in [2.05, 4.69) is 20.9 Å². The van der Waals surface area contributed by atoms with Gasteiger partial charge in [0.25, 0.3) is 0 Å². The van der Waals surface area contributed by atoms with Crippen molar-refractivity contribution in [3.63, 3.8) is 0 Å². The summed E-state index contributed by atoms with van der Waals surface area (Å²) in [5, 5.41) is 9.71. The second-order valence-electron chi connectivity index (χ2n) is 7.22. The van der Waals surface area contributed by atoms with Gasteiger partial charge in [0.05, 0.1) is 24.9 Å². The number of ether oxygens (including phenoxy) is 2. The van der Waals surface area contributed by atoms with Crippen LogP contribution < -0.4 is 4.90 Å². The van der Waals surface area contributed by atoms with Crippen molar-refractivity contribution in [2.45, 2.75) is 25.9 Å². The molecule has 2 atom stereocenters. The zero-order valence-corrected chi connectivity index (χ0v) is 17.3. The van der Waals surface area contributed by atoms with Crippen LogP contribution >= 0.6 is 0 Å². The highest BCUT2D eigenvalue weighted by atomic mass is 16.5. The largest absolute Gasteiger partial charge is 0.462 e. The smallest absolute Gasteiger partial charge is 0.341 e. The zero-order chi connectivity index (χ0) is 21.2. The Kier molecular flexibility index (Phi) is 8.35. The highest BCUT2D eigenvalue weighted by molar-refractivity contribution is 5.88. The molecule has 0 bridgehead atoms. The Labute approximate surface area is 177 Å². The molecule has 1 aromatic heterocycles. The summed E-state index contributed by atoms with van der Waals surface area (Å²) in [6.45, 7) is 4.17. The van der Waals surface area contributed by atoms with E-state index in [0.717, 1.165) is 18.4 Å². The van der Waals surface area contributed by atoms with Gasteiger partial charge in [-0.25, -0.2) is 14.8 Å². The Hall–Kier alpha value is -2.77. The van der Waals surface area contributed by atoms with Crippen LogP contribution in [-0.2, 0) is 9.47 Å². The molecule has 0 spiro atoms. The van der Waals surface area contributed by atoms with Crippen LogP contribution in [0.4, 0.5) is 5.95 Å². The van der Waals surface area contributed by atoms with E-state index in [1.54, 1.807) is 6.92 Å². The minimum Gasteiger partial charge on any atom is -0.462 e. The summed E-state index contributed by atoms with van der Waals surface area (Å²) < 4.78 is 10.9. The highest BCUT2D eigenvalue weighted by Crippen LogP contribution is 2.19. The maximum atomic E-state index is 11.7. The number of benzene rings is 1. The number of hydrogen-bond acceptors (Lipinski definition) is 7. The topological polar surface area (TPSA) is 84.8 Å². The number of anilines is 1. The number of carbonyl (C=O) groups is 1. The molecule has 0 radical (unpaired) electrons. The maximum Gasteiger partial charge on any atom is 0.341 e. The van der Waals surface area contributed by atoms with Gasteiger partial charge in [0.1, 0.15) is 0 Å². The summed E-state index contributed by atoms with van der Waals surface area (Å²) in [6, 6.07) is 10.1. The van der Waals surface area contributed by atoms with Crippen LogP contribution in [0.15, 0.2) is 48.8 Å². The molecule has 1 N–H and O–H groups in total. The number of aliphatic hydroxyl groups is 1. The van der Waals surface area contributed by atoms with Gasteiger partial charge in [0.15, 0.2) is 0 Å². The third-order valence-corrected chi connectivity index (χ3v) is 5.03. The van der Waals surface area contributed by atoms with E-state index in [0.29, 0.717) is 37.8 Å². The normalized spacial score (nSPS) is 17.8. The van der Waals surface area contributed by atoms with E-state index in [1.807, 2.05) is 36.4 Å². The Balaban J connectivity index is 1.51. The van der Waals surface area contributed by atoms with Crippen LogP contribution in [0.1, 0.15) is 35.7 Å². The SMILES string of the molecule is CCOC(=O)c1cnc(N2CCOC(CCC(/C=C/c3ccccc3)CO)C2)nc1. The van der Waals surface area contributed by atoms with Crippen LogP contribution in [-0.4, -0.2) is 60.1 Å². The van der Waals surface area contributed by atoms with Gasteiger partial charge >= 0.3 is 5.97 Å². The van der Waals surface area contributed by atoms with Crippen molar-refractivity contribution in [1.29, 1.82) is 0 Å². The second kappa shape index (κ2) is 11.4. The van der Waals surface area contributed by atoms with Crippen molar-refractivity contribution >= 4 is 18.0 Å². The predicted molar refractivity (Wildman–Crippen MR) is 115 cm³/mol. The van der Waals surface area contributed by atoms with Crippen LogP contribution in [0, 0.1) is 5.92 Å². The minimum absolute atomic E-state index is 0.0475. The van der Waals surface area contributed by atoms with Crippen molar-refractivity contribution in [2.75, 3.05) is 37.8 Å². The quantitative estimate of drug-likeness (QED) is 0.635. The molecule has 0 amide bonds. The van der Waals surface area contributed by atoms with E-state index < -0.39 is 5.97 Å². The molecule has 160 valence electrons. The molecule has 7 nitrogen and oxygen atoms in total. The van der Waals surface area contributed by atoms with Gasteiger partial charge in [-0.05, 0) is 25.3 Å². The molecule has 1 fully saturated rings. The first kappa shape index (κ1) is 21.9. The fraction of sp³-hybridized carbons (Fsp3) is 0.435. The number of esters is 1. The van der Waals surface area contributed by atoms with Crippen LogP contribution in [0.5, 0.6) is 0 Å². The maximum absolute atomic E-state index is 11.7. The summed E-state index contributed by atoms with van der Waals surface area (Å²) in [4.78, 5) is 22.5. The van der Waals surface area contributed by atoms with Crippen molar-refractivity contribution in [2.24, 2.45) is 5.92 Å². The Morgan fingerprint density at radius 2 is 2.10 bits per heavy atom. The molecule has 2 aromatic rings. The van der Waals surface area contributed by atoms with E-state index in [4.69, 9.17) is 9.47 Å². The van der Waals surface area contributed by atoms with Crippen molar-refractivity contribution < 1.29 is 19.4 Å². The standard InChI is InChI=1S/C23H29N3O4/c1-2-29-22(28)20-14-24-23(25-15-20)26-12-13-30-21(16-26)11-10-19(17-27)9-8-18-6-4-3-5-7-18/h3-9,14-15,19,21,27H,2,10-13,16-17H2,1H3/b9-8+. The molecule has 2 heterocycles. The Morgan fingerprint density at radius 1 is 1.33 bits per heavy atom. The molecule has 2 unspecified atom stereocenters. The monoisotopic (exact) mass is 411 g/mol. The summed E-state index contributed by atoms with van der Waals surface area (Å²) in [6.07, 6.45) is 8.83. The molecule has 1 aliphatic heterocycles. The van der Waals surface area contributed by atoms with Gasteiger partial charge in [-0.1, -0.05) is 42.5 Å². The van der Waals surface area contributed by atoms with E-state index in [1.165, 1.54) is 12.4 Å². The van der Waals surface area contributed by atoms with Crippen LogP contribution in [0.25, 0.3) is 6.08 Å². The molecule has 1 aromatic carbocycles. The number of rotatable bonds is 9. The van der Waals surface area contributed by atoms with Gasteiger partial charge in [-0.2, -0.15) is 0 Å². The first-order chi connectivity index (χ1) is 14.7. The number of aromatic nitrogens is 2. The summed E-state index contributed by atoms with van der Waals surface area (Å²) in [5.74, 6) is 0.255. The first-order valence-corrected chi connectivity index (χ1v) is 10.4. The summed E-state index contributed by atoms with van der Waals surface area (Å²) >= 11 is 0. The van der Waals surface area contributed by atoms with Gasteiger partial charge in [0.2, 0.25) is 5.95 Å². The molecular weight excluding hydrogens is 382 g/mol. The first-order valence-electron chi connectivity index (χ1n) is 10.4. The molecule has 3 rings (SSSR count). The molecule has 0 saturated carbocycles. The summed E-state index contributed by atoms with van der Waals surface area (Å²) in [7, 11) is 0. The van der Waals surface area contributed by atoms with E-state index in [9.17, 15) is 9.90 Å². The lowest BCUT2D eigenvalue weighted by atomic mass is 9.99. The fourth-order valence-electron chi connectivity index (χ4n) is 3.34. The molecule has 1 saturated heterocycles. The number of carbonyl (C=O) groups excluding carboxylic acids is 1. The van der Waals surface area contributed by atoms with Crippen molar-refractivity contribution in [1.82, 2.24) is 9.97 Å². The average Bonchev–Trinajstić information content (AvgIpc) is 2.80. The van der Waals surface area contributed by atoms with E-state index >= 15 is 0 Å². The molecule has 7 heteroatoms. The predicted octanol–water partition coefficient (Wildman–Crippen LogP) is 2.96. The number of hydrogen-bond donors (Lipinski definition) is 1. The highest BCUT2D eigenvalue weighted by Gasteiger charge is 2.23. The number of nitrogens with zero attached hydrogens (tertiary/aromatic N) is 3. The molecule has 0 aliphatic carbocycles. The lowest BCUT2D eigenvalue weighted by Gasteiger charge is -2.33. The molecule has 30 heavy (non-hydrogen) atoms. The summed E-state index contributed by atoms with van der Waals surface area (Å²) in [5.41, 5.74) is 1.47. The number of morpholine rings is 1. The third kappa shape index (κ3) is 6.37. The van der Waals surface area contributed by atoms with Crippen LogP contribution in [0.3, 0.4) is 0 Å². The van der Waals surface area contributed by atoms with Gasteiger partial charge < -0.3 is 19.5 Å². The lowest BCUT2D eigenvalue weighted by molar-refractivity contribution is 0.0302. The molecule has 1 aliphatic rings. The zero-order valence-electron chi connectivity index (χ0n) is 17.3. The van der Waals surface area contributed by atoms with Gasteiger partial charge in [-0.3, -0.25) is 0 Å². The third-order valence-electron chi connectivity index (χ3n) is 5.03. The second-order valence-corrected chi connectivity index (χ2v) is 7.22. The van der Waals surface area contributed by atoms with Gasteiger partial charge in [0, 0.05) is 38.0 Å².